The molecule has 0 saturated heterocycles. The van der Waals surface area contributed by atoms with Crippen molar-refractivity contribution >= 4 is 6.09 Å². The zero-order valence-corrected chi connectivity index (χ0v) is 11.8. The first-order valence-corrected chi connectivity index (χ1v) is 6.58. The van der Waals surface area contributed by atoms with Crippen molar-refractivity contribution in [1.82, 2.24) is 5.32 Å². The van der Waals surface area contributed by atoms with Gasteiger partial charge in [0, 0.05) is 0 Å². The number of hydrogen-bond donors (Lipinski definition) is 1. The highest BCUT2D eigenvalue weighted by atomic mass is 16.5. The van der Waals surface area contributed by atoms with E-state index >= 15 is 0 Å². The van der Waals surface area contributed by atoms with Crippen LogP contribution >= 0.6 is 0 Å². The van der Waals surface area contributed by atoms with E-state index < -0.39 is 6.09 Å². The van der Waals surface area contributed by atoms with Gasteiger partial charge in [-0.2, -0.15) is 0 Å². The van der Waals surface area contributed by atoms with Crippen LogP contribution in [0.25, 0.3) is 0 Å². The van der Waals surface area contributed by atoms with E-state index in [-0.39, 0.29) is 12.6 Å². The molecule has 4 nitrogen and oxygen atoms in total. The summed E-state index contributed by atoms with van der Waals surface area (Å²) in [6.07, 6.45) is 6.51. The van der Waals surface area contributed by atoms with Crippen LogP contribution in [0.5, 0.6) is 5.75 Å². The summed E-state index contributed by atoms with van der Waals surface area (Å²) in [4.78, 5) is 11.7. The molecule has 1 aliphatic rings. The van der Waals surface area contributed by atoms with Gasteiger partial charge in [0.05, 0.1) is 13.2 Å². The fourth-order valence-corrected chi connectivity index (χ4v) is 2.01. The van der Waals surface area contributed by atoms with E-state index in [0.717, 1.165) is 23.3 Å². The van der Waals surface area contributed by atoms with Crippen molar-refractivity contribution in [3.63, 3.8) is 0 Å². The molecule has 106 valence electrons. The molecule has 0 aromatic heterocycles. The maximum absolute atomic E-state index is 11.7. The van der Waals surface area contributed by atoms with Gasteiger partial charge in [0.1, 0.15) is 12.4 Å². The minimum atomic E-state index is -0.398. The molecule has 0 saturated carbocycles. The monoisotopic (exact) mass is 273 g/mol. The third kappa shape index (κ3) is 4.16. The lowest BCUT2D eigenvalue weighted by Gasteiger charge is -2.16. The number of allylic oxidation sites excluding steroid dienone is 2. The first-order chi connectivity index (χ1) is 9.67. The van der Waals surface area contributed by atoms with Crippen molar-refractivity contribution in [3.05, 3.63) is 53.6 Å². The number of carbonyl (C=O) groups is 1. The van der Waals surface area contributed by atoms with Gasteiger partial charge in [-0.1, -0.05) is 35.9 Å². The fraction of sp³-hybridized carbons (Fsp3) is 0.312. The zero-order valence-electron chi connectivity index (χ0n) is 11.8. The van der Waals surface area contributed by atoms with E-state index in [0.29, 0.717) is 0 Å². The zero-order chi connectivity index (χ0) is 14.4. The Balaban J connectivity index is 1.78. The second-order valence-corrected chi connectivity index (χ2v) is 4.72. The number of methoxy groups -OCH3 is 1. The van der Waals surface area contributed by atoms with Crippen LogP contribution < -0.4 is 10.1 Å². The average molecular weight is 273 g/mol. The maximum atomic E-state index is 11.7. The Morgan fingerprint density at radius 3 is 2.75 bits per heavy atom. The van der Waals surface area contributed by atoms with Gasteiger partial charge >= 0.3 is 6.09 Å². The number of benzene rings is 1. The van der Waals surface area contributed by atoms with Crippen LogP contribution in [-0.4, -0.2) is 19.2 Å². The van der Waals surface area contributed by atoms with Crippen molar-refractivity contribution < 1.29 is 14.3 Å². The Bertz CT molecular complexity index is 517. The number of ether oxygens (including phenoxy) is 2. The Labute approximate surface area is 119 Å². The van der Waals surface area contributed by atoms with Crippen LogP contribution in [0, 0.1) is 0 Å². The van der Waals surface area contributed by atoms with Crippen molar-refractivity contribution in [2.75, 3.05) is 7.11 Å². The number of carbonyl (C=O) groups excluding carboxylic acids is 1. The minimum absolute atomic E-state index is 0.0170. The molecule has 0 fully saturated rings. The molecule has 4 heteroatoms. The molecule has 20 heavy (non-hydrogen) atoms. The number of rotatable bonds is 4. The first-order valence-electron chi connectivity index (χ1n) is 6.58. The normalized spacial score (nSPS) is 17.3. The lowest BCUT2D eigenvalue weighted by atomic mass is 10.0. The highest BCUT2D eigenvalue weighted by Crippen LogP contribution is 2.13. The molecule has 1 aromatic rings. The van der Waals surface area contributed by atoms with E-state index in [1.807, 2.05) is 49.4 Å². The second-order valence-electron chi connectivity index (χ2n) is 4.72. The molecule has 1 atom stereocenters. The van der Waals surface area contributed by atoms with Crippen LogP contribution in [0.15, 0.2) is 48.1 Å². The molecule has 0 heterocycles. The largest absolute Gasteiger partial charge is 0.497 e. The van der Waals surface area contributed by atoms with Crippen LogP contribution in [0.2, 0.25) is 0 Å². The molecule has 0 spiro atoms. The van der Waals surface area contributed by atoms with Crippen molar-refractivity contribution in [1.29, 1.82) is 0 Å². The van der Waals surface area contributed by atoms with E-state index in [9.17, 15) is 4.79 Å². The van der Waals surface area contributed by atoms with Gasteiger partial charge in [0.2, 0.25) is 0 Å². The summed E-state index contributed by atoms with van der Waals surface area (Å²) in [6, 6.07) is 7.45. The molecule has 0 aliphatic heterocycles. The average Bonchev–Trinajstić information content (AvgIpc) is 2.46. The van der Waals surface area contributed by atoms with Gasteiger partial charge in [-0.25, -0.2) is 4.79 Å². The molecule has 1 N–H and O–H groups in total. The van der Waals surface area contributed by atoms with E-state index in [1.54, 1.807) is 7.11 Å². The molecule has 1 unspecified atom stereocenters. The lowest BCUT2D eigenvalue weighted by Crippen LogP contribution is -2.34. The minimum Gasteiger partial charge on any atom is -0.497 e. The second kappa shape index (κ2) is 6.80. The first kappa shape index (κ1) is 14.2. The molecule has 1 aromatic carbocycles. The highest BCUT2D eigenvalue weighted by Gasteiger charge is 2.11. The smallest absolute Gasteiger partial charge is 0.407 e. The topological polar surface area (TPSA) is 47.6 Å². The Morgan fingerprint density at radius 2 is 2.10 bits per heavy atom. The third-order valence-corrected chi connectivity index (χ3v) is 3.07. The number of amides is 1. The molecule has 1 amide bonds. The van der Waals surface area contributed by atoms with Crippen molar-refractivity contribution in [2.24, 2.45) is 0 Å². The molecular formula is C16H19NO3. The fourth-order valence-electron chi connectivity index (χ4n) is 2.01. The summed E-state index contributed by atoms with van der Waals surface area (Å²) in [6.45, 7) is 2.26. The van der Waals surface area contributed by atoms with E-state index in [1.165, 1.54) is 0 Å². The number of nitrogens with one attached hydrogen (secondary N) is 1. The summed E-state index contributed by atoms with van der Waals surface area (Å²) in [7, 11) is 1.62. The molecule has 1 aliphatic carbocycles. The SMILES string of the molecule is COc1ccc(COC(=O)NC2C=C(C)C=CC2)cc1. The van der Waals surface area contributed by atoms with Gasteiger partial charge < -0.3 is 14.8 Å². The highest BCUT2D eigenvalue weighted by molar-refractivity contribution is 5.68. The van der Waals surface area contributed by atoms with Gasteiger partial charge in [-0.15, -0.1) is 0 Å². The van der Waals surface area contributed by atoms with Gasteiger partial charge in [-0.3, -0.25) is 0 Å². The van der Waals surface area contributed by atoms with Crippen molar-refractivity contribution in [2.45, 2.75) is 26.0 Å². The maximum Gasteiger partial charge on any atom is 0.407 e. The number of alkyl carbamates (subject to hydrolysis) is 1. The van der Waals surface area contributed by atoms with Crippen LogP contribution in [0.4, 0.5) is 4.79 Å². The Hall–Kier alpha value is -2.23. The van der Waals surface area contributed by atoms with Gasteiger partial charge in [0.25, 0.3) is 0 Å². The Morgan fingerprint density at radius 1 is 1.35 bits per heavy atom. The molecule has 0 radical (unpaired) electrons. The number of hydrogen-bond acceptors (Lipinski definition) is 3. The lowest BCUT2D eigenvalue weighted by molar-refractivity contribution is 0.137. The van der Waals surface area contributed by atoms with E-state index in [4.69, 9.17) is 9.47 Å². The van der Waals surface area contributed by atoms with Crippen molar-refractivity contribution in [3.8, 4) is 5.75 Å². The summed E-state index contributed by atoms with van der Waals surface area (Å²) >= 11 is 0. The molecule has 2 rings (SSSR count). The summed E-state index contributed by atoms with van der Waals surface area (Å²) in [5.74, 6) is 0.785. The Kier molecular flexibility index (Phi) is 4.82. The molecule has 0 bridgehead atoms. The standard InChI is InChI=1S/C16H19NO3/c1-12-4-3-5-14(10-12)17-16(18)20-11-13-6-8-15(19-2)9-7-13/h3-4,6-10,14H,5,11H2,1-2H3,(H,17,18). The summed E-state index contributed by atoms with van der Waals surface area (Å²) in [5, 5.41) is 2.83. The summed E-state index contributed by atoms with van der Waals surface area (Å²) in [5.41, 5.74) is 2.08. The van der Waals surface area contributed by atoms with E-state index in [2.05, 4.69) is 5.32 Å². The third-order valence-electron chi connectivity index (χ3n) is 3.07. The van der Waals surface area contributed by atoms with Gasteiger partial charge in [0.15, 0.2) is 0 Å². The predicted octanol–water partition coefficient (Wildman–Crippen LogP) is 3.20. The predicted molar refractivity (Wildman–Crippen MR) is 77.6 cm³/mol. The quantitative estimate of drug-likeness (QED) is 0.916. The summed E-state index contributed by atoms with van der Waals surface area (Å²) < 4.78 is 10.3. The van der Waals surface area contributed by atoms with Crippen LogP contribution in [-0.2, 0) is 11.3 Å². The molecular weight excluding hydrogens is 254 g/mol. The van der Waals surface area contributed by atoms with Gasteiger partial charge in [-0.05, 0) is 31.0 Å². The van der Waals surface area contributed by atoms with Crippen LogP contribution in [0.3, 0.4) is 0 Å². The van der Waals surface area contributed by atoms with Crippen LogP contribution in [0.1, 0.15) is 18.9 Å².